The Bertz CT molecular complexity index is 202. The molecule has 0 saturated carbocycles. The van der Waals surface area contributed by atoms with E-state index in [1.165, 1.54) is 0 Å². The first-order valence-electron chi connectivity index (χ1n) is 5.68. The first-order chi connectivity index (χ1) is 7.15. The molecule has 1 heterocycles. The molecule has 1 rings (SSSR count). The lowest BCUT2D eigenvalue weighted by molar-refractivity contribution is -0.137. The van der Waals surface area contributed by atoms with Crippen LogP contribution in [0.3, 0.4) is 0 Å². The standard InChI is InChI=1S/C11H21NO3/c1-3-12(6-4-11(13)14)9(2)10-5-7-15-8-10/h9-10H,3-8H2,1-2H3,(H,13,14). The molecule has 0 spiro atoms. The van der Waals surface area contributed by atoms with Gasteiger partial charge in [0.05, 0.1) is 13.0 Å². The maximum absolute atomic E-state index is 10.5. The lowest BCUT2D eigenvalue weighted by Gasteiger charge is -2.31. The van der Waals surface area contributed by atoms with Crippen molar-refractivity contribution in [2.75, 3.05) is 26.3 Å². The Kier molecular flexibility index (Phi) is 5.05. The van der Waals surface area contributed by atoms with Gasteiger partial charge in [0.1, 0.15) is 0 Å². The molecule has 0 aromatic heterocycles. The Hall–Kier alpha value is -0.610. The number of hydrogen-bond donors (Lipinski definition) is 1. The molecule has 1 saturated heterocycles. The van der Waals surface area contributed by atoms with E-state index in [0.29, 0.717) is 18.5 Å². The molecule has 0 aliphatic carbocycles. The van der Waals surface area contributed by atoms with Crippen LogP contribution in [0.15, 0.2) is 0 Å². The minimum atomic E-state index is -0.719. The lowest BCUT2D eigenvalue weighted by Crippen LogP contribution is -2.40. The van der Waals surface area contributed by atoms with Gasteiger partial charge in [0.2, 0.25) is 0 Å². The van der Waals surface area contributed by atoms with E-state index in [0.717, 1.165) is 26.2 Å². The normalized spacial score (nSPS) is 23.3. The van der Waals surface area contributed by atoms with E-state index in [1.54, 1.807) is 0 Å². The Morgan fingerprint density at radius 1 is 1.67 bits per heavy atom. The Morgan fingerprint density at radius 3 is 2.87 bits per heavy atom. The van der Waals surface area contributed by atoms with E-state index < -0.39 is 5.97 Å². The van der Waals surface area contributed by atoms with Crippen LogP contribution < -0.4 is 0 Å². The van der Waals surface area contributed by atoms with Gasteiger partial charge in [-0.25, -0.2) is 0 Å². The van der Waals surface area contributed by atoms with E-state index in [9.17, 15) is 4.79 Å². The molecule has 0 aromatic carbocycles. The highest BCUT2D eigenvalue weighted by Crippen LogP contribution is 2.20. The van der Waals surface area contributed by atoms with Gasteiger partial charge >= 0.3 is 5.97 Å². The fourth-order valence-corrected chi connectivity index (χ4v) is 2.12. The molecule has 1 aliphatic heterocycles. The maximum Gasteiger partial charge on any atom is 0.304 e. The summed E-state index contributed by atoms with van der Waals surface area (Å²) >= 11 is 0. The molecule has 4 nitrogen and oxygen atoms in total. The number of carbonyl (C=O) groups is 1. The first-order valence-corrected chi connectivity index (χ1v) is 5.68. The monoisotopic (exact) mass is 215 g/mol. The fourth-order valence-electron chi connectivity index (χ4n) is 2.12. The topological polar surface area (TPSA) is 49.8 Å². The van der Waals surface area contributed by atoms with Gasteiger partial charge in [0.15, 0.2) is 0 Å². The van der Waals surface area contributed by atoms with Gasteiger partial charge in [-0.2, -0.15) is 0 Å². The third-order valence-corrected chi connectivity index (χ3v) is 3.24. The fraction of sp³-hybridized carbons (Fsp3) is 0.909. The predicted molar refractivity (Wildman–Crippen MR) is 57.9 cm³/mol. The van der Waals surface area contributed by atoms with Gasteiger partial charge < -0.3 is 9.84 Å². The SMILES string of the molecule is CCN(CCC(=O)O)C(C)C1CCOC1. The minimum absolute atomic E-state index is 0.228. The molecule has 4 heteroatoms. The zero-order valence-corrected chi connectivity index (χ0v) is 9.61. The van der Waals surface area contributed by atoms with Crippen LogP contribution in [0.25, 0.3) is 0 Å². The number of hydrogen-bond acceptors (Lipinski definition) is 3. The van der Waals surface area contributed by atoms with E-state index in [-0.39, 0.29) is 6.42 Å². The molecule has 2 unspecified atom stereocenters. The van der Waals surface area contributed by atoms with Crippen molar-refractivity contribution in [1.29, 1.82) is 0 Å². The highest BCUT2D eigenvalue weighted by Gasteiger charge is 2.26. The van der Waals surface area contributed by atoms with Gasteiger partial charge in [-0.3, -0.25) is 9.69 Å². The zero-order chi connectivity index (χ0) is 11.3. The Morgan fingerprint density at radius 2 is 2.40 bits per heavy atom. The van der Waals surface area contributed by atoms with Crippen molar-refractivity contribution in [1.82, 2.24) is 4.90 Å². The average molecular weight is 215 g/mol. The summed E-state index contributed by atoms with van der Waals surface area (Å²) < 4.78 is 5.36. The van der Waals surface area contributed by atoms with E-state index >= 15 is 0 Å². The largest absolute Gasteiger partial charge is 0.481 e. The van der Waals surface area contributed by atoms with Gasteiger partial charge in [0.25, 0.3) is 0 Å². The van der Waals surface area contributed by atoms with Crippen LogP contribution in [-0.2, 0) is 9.53 Å². The first kappa shape index (κ1) is 12.5. The summed E-state index contributed by atoms with van der Waals surface area (Å²) in [7, 11) is 0. The average Bonchev–Trinajstić information content (AvgIpc) is 2.70. The van der Waals surface area contributed by atoms with Crippen LogP contribution in [0.5, 0.6) is 0 Å². The third-order valence-electron chi connectivity index (χ3n) is 3.24. The molecule has 1 aliphatic rings. The van der Waals surface area contributed by atoms with Crippen molar-refractivity contribution in [3.8, 4) is 0 Å². The molecular weight excluding hydrogens is 194 g/mol. The molecule has 0 bridgehead atoms. The zero-order valence-electron chi connectivity index (χ0n) is 9.61. The van der Waals surface area contributed by atoms with E-state index in [1.807, 2.05) is 0 Å². The molecule has 0 radical (unpaired) electrons. The van der Waals surface area contributed by atoms with Gasteiger partial charge in [0, 0.05) is 19.2 Å². The number of rotatable bonds is 6. The van der Waals surface area contributed by atoms with Crippen molar-refractivity contribution < 1.29 is 14.6 Å². The van der Waals surface area contributed by atoms with Gasteiger partial charge in [-0.05, 0) is 25.8 Å². The molecule has 0 amide bonds. The second kappa shape index (κ2) is 6.08. The molecule has 2 atom stereocenters. The second-order valence-electron chi connectivity index (χ2n) is 4.14. The summed E-state index contributed by atoms with van der Waals surface area (Å²) in [6.45, 7) is 7.48. The quantitative estimate of drug-likeness (QED) is 0.723. The molecule has 1 N–H and O–H groups in total. The Balaban J connectivity index is 2.38. The van der Waals surface area contributed by atoms with E-state index in [4.69, 9.17) is 9.84 Å². The summed E-state index contributed by atoms with van der Waals surface area (Å²) in [6, 6.07) is 0.428. The summed E-state index contributed by atoms with van der Waals surface area (Å²) in [4.78, 5) is 12.7. The number of ether oxygens (including phenoxy) is 1. The molecule has 0 aromatic rings. The highest BCUT2D eigenvalue weighted by molar-refractivity contribution is 5.66. The second-order valence-corrected chi connectivity index (χ2v) is 4.14. The lowest BCUT2D eigenvalue weighted by atomic mass is 9.99. The number of nitrogens with zero attached hydrogens (tertiary/aromatic N) is 1. The van der Waals surface area contributed by atoms with Gasteiger partial charge in [-0.1, -0.05) is 6.92 Å². The van der Waals surface area contributed by atoms with Crippen molar-refractivity contribution in [3.05, 3.63) is 0 Å². The van der Waals surface area contributed by atoms with Crippen molar-refractivity contribution in [3.63, 3.8) is 0 Å². The van der Waals surface area contributed by atoms with Crippen LogP contribution in [0.2, 0.25) is 0 Å². The predicted octanol–water partition coefficient (Wildman–Crippen LogP) is 1.21. The molecular formula is C11H21NO3. The van der Waals surface area contributed by atoms with Crippen molar-refractivity contribution >= 4 is 5.97 Å². The number of carboxylic acid groups (broad SMARTS) is 1. The molecule has 1 fully saturated rings. The number of carboxylic acids is 1. The van der Waals surface area contributed by atoms with Crippen LogP contribution in [0.1, 0.15) is 26.7 Å². The minimum Gasteiger partial charge on any atom is -0.481 e. The van der Waals surface area contributed by atoms with Crippen molar-refractivity contribution in [2.45, 2.75) is 32.7 Å². The van der Waals surface area contributed by atoms with Crippen molar-refractivity contribution in [2.24, 2.45) is 5.92 Å². The molecule has 88 valence electrons. The number of aliphatic carboxylic acids is 1. The summed E-state index contributed by atoms with van der Waals surface area (Å²) in [5, 5.41) is 8.65. The summed E-state index contributed by atoms with van der Waals surface area (Å²) in [6.07, 6.45) is 1.33. The summed E-state index contributed by atoms with van der Waals surface area (Å²) in [5.74, 6) is -0.151. The van der Waals surface area contributed by atoms with Crippen LogP contribution in [0.4, 0.5) is 0 Å². The van der Waals surface area contributed by atoms with Crippen LogP contribution >= 0.6 is 0 Å². The summed E-state index contributed by atoms with van der Waals surface area (Å²) in [5.41, 5.74) is 0. The smallest absolute Gasteiger partial charge is 0.304 e. The van der Waals surface area contributed by atoms with E-state index in [2.05, 4.69) is 18.7 Å². The van der Waals surface area contributed by atoms with Gasteiger partial charge in [-0.15, -0.1) is 0 Å². The maximum atomic E-state index is 10.5. The van der Waals surface area contributed by atoms with Crippen LogP contribution in [-0.4, -0.2) is 48.3 Å². The third kappa shape index (κ3) is 3.80. The van der Waals surface area contributed by atoms with Crippen LogP contribution in [0, 0.1) is 5.92 Å². The highest BCUT2D eigenvalue weighted by atomic mass is 16.5. The Labute approximate surface area is 91.2 Å². The molecule has 15 heavy (non-hydrogen) atoms.